The van der Waals surface area contributed by atoms with Crippen LogP contribution in [-0.2, 0) is 0 Å². The van der Waals surface area contributed by atoms with Crippen molar-refractivity contribution in [3.63, 3.8) is 0 Å². The Hall–Kier alpha value is -1.12. The average Bonchev–Trinajstić information content (AvgIpc) is 1.89. The second-order valence-corrected chi connectivity index (χ2v) is 1.75. The maximum absolute atomic E-state index is 3.95. The molecule has 3 heteroatoms. The number of hydrogen-bond donors (Lipinski definition) is 1. The summed E-state index contributed by atoms with van der Waals surface area (Å²) in [4.78, 5) is 3.95. The third-order valence-electron chi connectivity index (χ3n) is 0.982. The molecule has 0 spiro atoms. The first-order valence-electron chi connectivity index (χ1n) is 3.11. The minimum atomic E-state index is 0.692. The summed E-state index contributed by atoms with van der Waals surface area (Å²) >= 11 is 0. The molecular formula is C7H13N3. The smallest absolute Gasteiger partial charge is 0.0821 e. The van der Waals surface area contributed by atoms with Crippen molar-refractivity contribution in [2.45, 2.75) is 13.8 Å². The fourth-order valence-corrected chi connectivity index (χ4v) is 0.481. The molecule has 0 aliphatic heterocycles. The van der Waals surface area contributed by atoms with E-state index in [2.05, 4.69) is 22.1 Å². The monoisotopic (exact) mass is 139 g/mol. The van der Waals surface area contributed by atoms with E-state index < -0.39 is 0 Å². The lowest BCUT2D eigenvalue weighted by atomic mass is 10.3. The van der Waals surface area contributed by atoms with Gasteiger partial charge in [-0.2, -0.15) is 5.10 Å². The van der Waals surface area contributed by atoms with Gasteiger partial charge in [0.05, 0.1) is 11.4 Å². The van der Waals surface area contributed by atoms with Gasteiger partial charge in [-0.3, -0.25) is 4.99 Å². The Morgan fingerprint density at radius 3 is 2.60 bits per heavy atom. The van der Waals surface area contributed by atoms with Gasteiger partial charge in [-0.25, -0.2) is 0 Å². The molecule has 0 heterocycles. The number of hydrazone groups is 1. The normalized spacial score (nSPS) is 12.1. The lowest BCUT2D eigenvalue weighted by Crippen LogP contribution is -2.02. The predicted octanol–water partition coefficient (Wildman–Crippen LogP) is 1.19. The van der Waals surface area contributed by atoms with Crippen molar-refractivity contribution in [2.75, 3.05) is 7.05 Å². The Labute approximate surface area is 61.5 Å². The van der Waals surface area contributed by atoms with Gasteiger partial charge in [0, 0.05) is 13.3 Å². The zero-order valence-electron chi connectivity index (χ0n) is 6.68. The van der Waals surface area contributed by atoms with E-state index >= 15 is 0 Å². The van der Waals surface area contributed by atoms with E-state index in [1.807, 2.05) is 13.8 Å². The van der Waals surface area contributed by atoms with Crippen molar-refractivity contribution in [2.24, 2.45) is 10.1 Å². The van der Waals surface area contributed by atoms with Crippen molar-refractivity contribution in [3.8, 4) is 0 Å². The summed E-state index contributed by atoms with van der Waals surface area (Å²) in [7, 11) is 1.74. The number of nitrogens with one attached hydrogen (secondary N) is 1. The zero-order chi connectivity index (χ0) is 7.98. The Bertz CT molecular complexity index is 168. The van der Waals surface area contributed by atoms with Crippen molar-refractivity contribution in [3.05, 3.63) is 12.3 Å². The summed E-state index contributed by atoms with van der Waals surface area (Å²) in [5, 5.41) is 3.90. The summed E-state index contributed by atoms with van der Waals surface area (Å²) in [5.41, 5.74) is 4.16. The van der Waals surface area contributed by atoms with Crippen LogP contribution >= 0.6 is 0 Å². The zero-order valence-corrected chi connectivity index (χ0v) is 6.68. The van der Waals surface area contributed by atoms with Gasteiger partial charge in [0.25, 0.3) is 0 Å². The molecular weight excluding hydrogens is 126 g/mol. The van der Waals surface area contributed by atoms with E-state index in [0.29, 0.717) is 5.70 Å². The highest BCUT2D eigenvalue weighted by atomic mass is 15.3. The van der Waals surface area contributed by atoms with Gasteiger partial charge in [0.15, 0.2) is 0 Å². The first-order valence-corrected chi connectivity index (χ1v) is 3.11. The first-order chi connectivity index (χ1) is 4.72. The molecule has 3 nitrogen and oxygen atoms in total. The van der Waals surface area contributed by atoms with Crippen LogP contribution < -0.4 is 5.43 Å². The van der Waals surface area contributed by atoms with Crippen LogP contribution in [-0.4, -0.2) is 19.0 Å². The SMILES string of the molecule is C=C(/N=C\C)/C(C)=N\NC. The van der Waals surface area contributed by atoms with Crippen LogP contribution in [0.2, 0.25) is 0 Å². The van der Waals surface area contributed by atoms with E-state index in [1.165, 1.54) is 0 Å². The molecule has 0 fully saturated rings. The molecule has 0 unspecified atom stereocenters. The number of hydrogen-bond acceptors (Lipinski definition) is 3. The van der Waals surface area contributed by atoms with E-state index in [4.69, 9.17) is 0 Å². The highest BCUT2D eigenvalue weighted by Gasteiger charge is 1.91. The molecule has 0 atom stereocenters. The Kier molecular flexibility index (Phi) is 4.20. The number of allylic oxidation sites excluding steroid dienone is 1. The summed E-state index contributed by atoms with van der Waals surface area (Å²) < 4.78 is 0. The van der Waals surface area contributed by atoms with Crippen molar-refractivity contribution in [1.82, 2.24) is 5.43 Å². The molecule has 0 aromatic rings. The molecule has 0 aromatic heterocycles. The second-order valence-electron chi connectivity index (χ2n) is 1.75. The van der Waals surface area contributed by atoms with E-state index in [0.717, 1.165) is 5.71 Å². The third-order valence-corrected chi connectivity index (χ3v) is 0.982. The van der Waals surface area contributed by atoms with Crippen LogP contribution in [0.1, 0.15) is 13.8 Å². The summed E-state index contributed by atoms with van der Waals surface area (Å²) in [6.45, 7) is 7.39. The molecule has 10 heavy (non-hydrogen) atoms. The van der Waals surface area contributed by atoms with Gasteiger partial charge in [-0.15, -0.1) is 0 Å². The van der Waals surface area contributed by atoms with Crippen LogP contribution in [0.4, 0.5) is 0 Å². The van der Waals surface area contributed by atoms with Crippen molar-refractivity contribution in [1.29, 1.82) is 0 Å². The Balaban J connectivity index is 4.07. The minimum absolute atomic E-state index is 0.692. The minimum Gasteiger partial charge on any atom is -0.313 e. The largest absolute Gasteiger partial charge is 0.313 e. The molecule has 0 aliphatic carbocycles. The Morgan fingerprint density at radius 2 is 2.20 bits per heavy atom. The van der Waals surface area contributed by atoms with Crippen molar-refractivity contribution < 1.29 is 0 Å². The third kappa shape index (κ3) is 3.02. The first kappa shape index (κ1) is 8.88. The van der Waals surface area contributed by atoms with Crippen LogP contribution in [0.25, 0.3) is 0 Å². The van der Waals surface area contributed by atoms with Crippen LogP contribution in [0, 0.1) is 0 Å². The highest BCUT2D eigenvalue weighted by Crippen LogP contribution is 1.93. The van der Waals surface area contributed by atoms with Crippen molar-refractivity contribution >= 4 is 11.9 Å². The average molecular weight is 139 g/mol. The number of aliphatic imine (C=N–C) groups is 1. The molecule has 0 bridgehead atoms. The Morgan fingerprint density at radius 1 is 1.60 bits per heavy atom. The van der Waals surface area contributed by atoms with E-state index in [-0.39, 0.29) is 0 Å². The lowest BCUT2D eigenvalue weighted by Gasteiger charge is -1.96. The maximum atomic E-state index is 3.95. The summed E-state index contributed by atoms with van der Waals surface area (Å²) in [5.74, 6) is 0. The number of rotatable bonds is 3. The standard InChI is InChI=1S/C7H13N3/c1-5-9-6(2)7(3)10-8-4/h5,8H,2H2,1,3-4H3/b9-5-,10-7-. The lowest BCUT2D eigenvalue weighted by molar-refractivity contribution is 0.898. The van der Waals surface area contributed by atoms with Gasteiger partial charge < -0.3 is 5.43 Å². The van der Waals surface area contributed by atoms with Gasteiger partial charge >= 0.3 is 0 Å². The van der Waals surface area contributed by atoms with Gasteiger partial charge in [-0.05, 0) is 13.8 Å². The van der Waals surface area contributed by atoms with Gasteiger partial charge in [0.1, 0.15) is 0 Å². The molecule has 0 rings (SSSR count). The molecule has 0 aliphatic rings. The molecule has 1 N–H and O–H groups in total. The molecule has 0 amide bonds. The van der Waals surface area contributed by atoms with E-state index in [9.17, 15) is 0 Å². The molecule has 0 aromatic carbocycles. The van der Waals surface area contributed by atoms with Gasteiger partial charge in [0.2, 0.25) is 0 Å². The van der Waals surface area contributed by atoms with Crippen LogP contribution in [0.15, 0.2) is 22.4 Å². The fourth-order valence-electron chi connectivity index (χ4n) is 0.481. The molecule has 0 saturated carbocycles. The molecule has 0 saturated heterocycles. The maximum Gasteiger partial charge on any atom is 0.0821 e. The summed E-state index contributed by atoms with van der Waals surface area (Å²) in [6.07, 6.45) is 1.69. The fraction of sp³-hybridized carbons (Fsp3) is 0.429. The van der Waals surface area contributed by atoms with Crippen LogP contribution in [0.5, 0.6) is 0 Å². The molecule has 56 valence electrons. The van der Waals surface area contributed by atoms with Crippen LogP contribution in [0.3, 0.4) is 0 Å². The topological polar surface area (TPSA) is 36.8 Å². The quantitative estimate of drug-likeness (QED) is 0.462. The highest BCUT2D eigenvalue weighted by molar-refractivity contribution is 5.98. The number of nitrogens with zero attached hydrogens (tertiary/aromatic N) is 2. The van der Waals surface area contributed by atoms with Gasteiger partial charge in [-0.1, -0.05) is 6.58 Å². The van der Waals surface area contributed by atoms with E-state index in [1.54, 1.807) is 13.3 Å². The summed E-state index contributed by atoms with van der Waals surface area (Å²) in [6, 6.07) is 0. The predicted molar refractivity (Wildman–Crippen MR) is 45.5 cm³/mol. The second kappa shape index (κ2) is 4.73. The molecule has 0 radical (unpaired) electrons.